The quantitative estimate of drug-likeness (QED) is 0.450. The Bertz CT molecular complexity index is 835. The van der Waals surface area contributed by atoms with Crippen molar-refractivity contribution in [3.63, 3.8) is 0 Å². The molecular formula is C20H18BrN3O2. The molecule has 0 aliphatic carbocycles. The molecule has 132 valence electrons. The zero-order valence-corrected chi connectivity index (χ0v) is 15.5. The van der Waals surface area contributed by atoms with Crippen LogP contribution in [0.2, 0.25) is 0 Å². The zero-order chi connectivity index (χ0) is 18.4. The summed E-state index contributed by atoms with van der Waals surface area (Å²) < 4.78 is 0.708. The summed E-state index contributed by atoms with van der Waals surface area (Å²) in [6, 6.07) is 19.3. The molecule has 3 rings (SSSR count). The number of rotatable bonds is 5. The molecule has 0 saturated carbocycles. The van der Waals surface area contributed by atoms with Crippen LogP contribution in [0.5, 0.6) is 0 Å². The van der Waals surface area contributed by atoms with E-state index in [1.165, 1.54) is 6.21 Å². The van der Waals surface area contributed by atoms with Crippen molar-refractivity contribution >= 4 is 40.0 Å². The van der Waals surface area contributed by atoms with Crippen LogP contribution < -0.4 is 10.7 Å². The lowest BCUT2D eigenvalue weighted by Gasteiger charge is -2.15. The smallest absolute Gasteiger partial charge is 0.253 e. The number of hydrogen-bond donors (Lipinski definition) is 2. The molecule has 0 aromatic heterocycles. The minimum absolute atomic E-state index is 0.192. The summed E-state index contributed by atoms with van der Waals surface area (Å²) in [4.78, 5) is 24.6. The van der Waals surface area contributed by atoms with E-state index < -0.39 is 11.8 Å². The van der Waals surface area contributed by atoms with E-state index >= 15 is 0 Å². The Labute approximate surface area is 160 Å². The van der Waals surface area contributed by atoms with Crippen molar-refractivity contribution in [1.29, 1.82) is 0 Å². The molecular weight excluding hydrogens is 394 g/mol. The van der Waals surface area contributed by atoms with Gasteiger partial charge in [-0.25, -0.2) is 5.43 Å². The lowest BCUT2D eigenvalue weighted by atomic mass is 9.88. The summed E-state index contributed by atoms with van der Waals surface area (Å²) in [5, 5.41) is 6.71. The number of nitrogens with one attached hydrogen (secondary N) is 2. The van der Waals surface area contributed by atoms with E-state index in [4.69, 9.17) is 0 Å². The minimum Gasteiger partial charge on any atom is -0.355 e. The van der Waals surface area contributed by atoms with Gasteiger partial charge in [0.05, 0.1) is 6.21 Å². The molecule has 0 bridgehead atoms. The number of amides is 2. The molecule has 26 heavy (non-hydrogen) atoms. The molecule has 2 amide bonds. The van der Waals surface area contributed by atoms with Gasteiger partial charge >= 0.3 is 0 Å². The highest BCUT2D eigenvalue weighted by Crippen LogP contribution is 2.28. The van der Waals surface area contributed by atoms with Crippen LogP contribution in [0.3, 0.4) is 0 Å². The molecule has 2 aromatic carbocycles. The molecule has 5 nitrogen and oxygen atoms in total. The Hall–Kier alpha value is -2.73. The van der Waals surface area contributed by atoms with Crippen LogP contribution in [0.1, 0.15) is 17.0 Å². The van der Waals surface area contributed by atoms with Crippen molar-refractivity contribution in [2.75, 3.05) is 6.54 Å². The van der Waals surface area contributed by atoms with E-state index in [2.05, 4.69) is 31.8 Å². The van der Waals surface area contributed by atoms with Crippen LogP contribution in [0.4, 0.5) is 0 Å². The zero-order valence-electron chi connectivity index (χ0n) is 13.9. The first-order valence-corrected chi connectivity index (χ1v) is 9.02. The molecule has 1 heterocycles. The lowest BCUT2D eigenvalue weighted by Crippen LogP contribution is -2.34. The molecule has 6 heteroatoms. The van der Waals surface area contributed by atoms with Gasteiger partial charge in [0.1, 0.15) is 5.92 Å². The molecule has 2 N–H and O–H groups in total. The summed E-state index contributed by atoms with van der Waals surface area (Å²) in [6.45, 7) is 0.447. The number of carbonyl (C=O) groups excluding carboxylic acids is 2. The lowest BCUT2D eigenvalue weighted by molar-refractivity contribution is -0.133. The van der Waals surface area contributed by atoms with Gasteiger partial charge < -0.3 is 5.32 Å². The molecule has 0 radical (unpaired) electrons. The van der Waals surface area contributed by atoms with Crippen molar-refractivity contribution < 1.29 is 9.59 Å². The van der Waals surface area contributed by atoms with E-state index in [0.29, 0.717) is 11.0 Å². The van der Waals surface area contributed by atoms with Crippen molar-refractivity contribution in [2.24, 2.45) is 11.0 Å². The Balaban J connectivity index is 1.65. The molecule has 0 unspecified atom stereocenters. The summed E-state index contributed by atoms with van der Waals surface area (Å²) in [6.07, 6.45) is 3.37. The van der Waals surface area contributed by atoms with E-state index in [0.717, 1.165) is 11.1 Å². The molecule has 0 spiro atoms. The second kappa shape index (κ2) is 8.58. The summed E-state index contributed by atoms with van der Waals surface area (Å²) >= 11 is 3.39. The number of hydrogen-bond acceptors (Lipinski definition) is 3. The minimum atomic E-state index is -0.786. The predicted molar refractivity (Wildman–Crippen MR) is 106 cm³/mol. The maximum absolute atomic E-state index is 12.5. The Morgan fingerprint density at radius 3 is 2.46 bits per heavy atom. The van der Waals surface area contributed by atoms with Crippen LogP contribution in [0.15, 0.2) is 70.2 Å². The standard InChI is InChI=1S/C20H18BrN3O2/c21-16(11-14-7-3-1-4-8-14)12-23-24-20(26)18-17(13-22-19(18)25)15-9-5-2-6-10-15/h1-12,17-18H,13H2,(H,22,25)(H,24,26)/b16-11-,23-12+/t17-,18-/m0/s1. The molecule has 1 aliphatic heterocycles. The number of carbonyl (C=O) groups is 2. The topological polar surface area (TPSA) is 70.6 Å². The monoisotopic (exact) mass is 411 g/mol. The van der Waals surface area contributed by atoms with Gasteiger partial charge in [-0.15, -0.1) is 0 Å². The van der Waals surface area contributed by atoms with Gasteiger partial charge in [0.15, 0.2) is 0 Å². The fraction of sp³-hybridized carbons (Fsp3) is 0.150. The highest BCUT2D eigenvalue weighted by Gasteiger charge is 2.40. The van der Waals surface area contributed by atoms with Gasteiger partial charge in [-0.3, -0.25) is 9.59 Å². The largest absolute Gasteiger partial charge is 0.355 e. The number of benzene rings is 2. The fourth-order valence-electron chi connectivity index (χ4n) is 2.91. The molecule has 1 saturated heterocycles. The summed E-state index contributed by atoms with van der Waals surface area (Å²) in [5.74, 6) is -1.66. The van der Waals surface area contributed by atoms with Gasteiger partial charge in [-0.05, 0) is 33.1 Å². The average Bonchev–Trinajstić information content (AvgIpc) is 3.05. The fourth-order valence-corrected chi connectivity index (χ4v) is 3.27. The number of hydrazone groups is 1. The third-order valence-corrected chi connectivity index (χ3v) is 4.59. The maximum Gasteiger partial charge on any atom is 0.253 e. The van der Waals surface area contributed by atoms with Crippen molar-refractivity contribution in [2.45, 2.75) is 5.92 Å². The first-order chi connectivity index (χ1) is 12.6. The first kappa shape index (κ1) is 18.1. The number of halogens is 1. The Kier molecular flexibility index (Phi) is 5.96. The van der Waals surface area contributed by atoms with Gasteiger partial charge in [0.2, 0.25) is 5.91 Å². The molecule has 1 fully saturated rings. The van der Waals surface area contributed by atoms with E-state index in [1.54, 1.807) is 0 Å². The second-order valence-electron chi connectivity index (χ2n) is 5.91. The van der Waals surface area contributed by atoms with E-state index in [9.17, 15) is 9.59 Å². The molecule has 2 atom stereocenters. The van der Waals surface area contributed by atoms with Crippen molar-refractivity contribution in [1.82, 2.24) is 10.7 Å². The van der Waals surface area contributed by atoms with Crippen LogP contribution >= 0.6 is 15.9 Å². The molecule has 2 aromatic rings. The summed E-state index contributed by atoms with van der Waals surface area (Å²) in [7, 11) is 0. The van der Waals surface area contributed by atoms with Crippen LogP contribution in [0, 0.1) is 5.92 Å². The van der Waals surface area contributed by atoms with Gasteiger partial charge in [0, 0.05) is 16.9 Å². The summed E-state index contributed by atoms with van der Waals surface area (Å²) in [5.41, 5.74) is 4.44. The third-order valence-electron chi connectivity index (χ3n) is 4.16. The predicted octanol–water partition coefficient (Wildman–Crippen LogP) is 3.05. The van der Waals surface area contributed by atoms with Gasteiger partial charge in [-0.2, -0.15) is 5.10 Å². The Morgan fingerprint density at radius 1 is 1.12 bits per heavy atom. The van der Waals surface area contributed by atoms with Crippen LogP contribution in [-0.2, 0) is 9.59 Å². The van der Waals surface area contributed by atoms with Crippen molar-refractivity contribution in [3.05, 3.63) is 76.3 Å². The average molecular weight is 412 g/mol. The van der Waals surface area contributed by atoms with Crippen LogP contribution in [-0.4, -0.2) is 24.6 Å². The number of allylic oxidation sites excluding steroid dienone is 1. The van der Waals surface area contributed by atoms with Gasteiger partial charge in [0.25, 0.3) is 5.91 Å². The maximum atomic E-state index is 12.5. The SMILES string of the molecule is O=C1NC[C@@H](c2ccccc2)[C@@H]1C(=O)N/N=C/C(Br)=C/c1ccccc1. The normalized spacial score (nSPS) is 20.2. The van der Waals surface area contributed by atoms with Crippen LogP contribution in [0.25, 0.3) is 6.08 Å². The van der Waals surface area contributed by atoms with Gasteiger partial charge in [-0.1, -0.05) is 60.7 Å². The second-order valence-corrected chi connectivity index (χ2v) is 6.83. The Morgan fingerprint density at radius 2 is 1.77 bits per heavy atom. The van der Waals surface area contributed by atoms with E-state index in [-0.39, 0.29) is 11.8 Å². The highest BCUT2D eigenvalue weighted by molar-refractivity contribution is 9.12. The third kappa shape index (κ3) is 4.46. The molecule has 1 aliphatic rings. The number of nitrogens with zero attached hydrogens (tertiary/aromatic N) is 1. The highest BCUT2D eigenvalue weighted by atomic mass is 79.9. The first-order valence-electron chi connectivity index (χ1n) is 8.23. The van der Waals surface area contributed by atoms with Crippen molar-refractivity contribution in [3.8, 4) is 0 Å². The van der Waals surface area contributed by atoms with E-state index in [1.807, 2.05) is 66.7 Å².